The monoisotopic (exact) mass is 316 g/mol. The Morgan fingerprint density at radius 3 is 1.59 bits per heavy atom. The fourth-order valence-corrected chi connectivity index (χ4v) is 2.32. The fourth-order valence-electron chi connectivity index (χ4n) is 2.32. The topological polar surface area (TPSA) is 161 Å². The summed E-state index contributed by atoms with van der Waals surface area (Å²) in [4.78, 5) is 44.9. The first-order valence-corrected chi connectivity index (χ1v) is 7.14. The van der Waals surface area contributed by atoms with Gasteiger partial charge in [0.25, 0.3) is 0 Å². The summed E-state index contributed by atoms with van der Waals surface area (Å²) in [5.74, 6) is -6.85. The molecular formula is C14H24N2O6. The number of carboxylic acids is 2. The Kier molecular flexibility index (Phi) is 8.14. The molecule has 0 aromatic carbocycles. The number of primary amides is 2. The van der Waals surface area contributed by atoms with E-state index in [1.54, 1.807) is 6.92 Å². The highest BCUT2D eigenvalue weighted by Gasteiger charge is 2.31. The molecule has 8 heteroatoms. The number of amides is 2. The lowest BCUT2D eigenvalue weighted by molar-refractivity contribution is -0.143. The molecule has 4 unspecified atom stereocenters. The van der Waals surface area contributed by atoms with E-state index >= 15 is 0 Å². The number of hydrogen-bond donors (Lipinski definition) is 4. The van der Waals surface area contributed by atoms with Gasteiger partial charge in [0.2, 0.25) is 11.8 Å². The molecule has 0 heterocycles. The van der Waals surface area contributed by atoms with Gasteiger partial charge in [0.1, 0.15) is 0 Å². The van der Waals surface area contributed by atoms with Gasteiger partial charge in [-0.05, 0) is 25.7 Å². The molecule has 0 aliphatic heterocycles. The van der Waals surface area contributed by atoms with Crippen molar-refractivity contribution >= 4 is 23.8 Å². The summed E-state index contributed by atoms with van der Waals surface area (Å²) in [5, 5.41) is 18.1. The van der Waals surface area contributed by atoms with E-state index in [0.717, 1.165) is 0 Å². The van der Waals surface area contributed by atoms with Gasteiger partial charge < -0.3 is 21.7 Å². The van der Waals surface area contributed by atoms with Gasteiger partial charge in [-0.3, -0.25) is 19.2 Å². The SMILES string of the molecule is CCC(CC(CC(CC(C)C(=O)O)C(N)=O)C(=O)O)C(N)=O. The van der Waals surface area contributed by atoms with E-state index in [2.05, 4.69) is 0 Å². The lowest BCUT2D eigenvalue weighted by Gasteiger charge is -2.22. The maximum Gasteiger partial charge on any atom is 0.306 e. The van der Waals surface area contributed by atoms with Crippen molar-refractivity contribution in [3.63, 3.8) is 0 Å². The summed E-state index contributed by atoms with van der Waals surface area (Å²) < 4.78 is 0. The molecule has 0 bridgehead atoms. The minimum absolute atomic E-state index is 0.00635. The Labute approximate surface area is 128 Å². The molecule has 0 rings (SSSR count). The number of carboxylic acid groups (broad SMARTS) is 2. The van der Waals surface area contributed by atoms with Gasteiger partial charge in [0.15, 0.2) is 0 Å². The molecule has 0 saturated carbocycles. The third kappa shape index (κ3) is 6.55. The van der Waals surface area contributed by atoms with Crippen LogP contribution in [-0.2, 0) is 19.2 Å². The van der Waals surface area contributed by atoms with Crippen molar-refractivity contribution in [2.75, 3.05) is 0 Å². The van der Waals surface area contributed by atoms with Crippen LogP contribution < -0.4 is 11.5 Å². The first kappa shape index (κ1) is 19.9. The van der Waals surface area contributed by atoms with Crippen LogP contribution in [0.5, 0.6) is 0 Å². The van der Waals surface area contributed by atoms with Crippen LogP contribution in [0.2, 0.25) is 0 Å². The highest BCUT2D eigenvalue weighted by molar-refractivity contribution is 5.80. The van der Waals surface area contributed by atoms with Crippen molar-refractivity contribution in [2.45, 2.75) is 39.5 Å². The number of carbonyl (C=O) groups is 4. The molecule has 0 aromatic heterocycles. The molecule has 0 aliphatic rings. The second kappa shape index (κ2) is 9.01. The van der Waals surface area contributed by atoms with Crippen LogP contribution in [0, 0.1) is 23.7 Å². The van der Waals surface area contributed by atoms with Crippen molar-refractivity contribution in [2.24, 2.45) is 35.1 Å². The lowest BCUT2D eigenvalue weighted by atomic mass is 9.82. The summed E-state index contributed by atoms with van der Waals surface area (Å²) in [5.41, 5.74) is 10.4. The largest absolute Gasteiger partial charge is 0.481 e. The van der Waals surface area contributed by atoms with Gasteiger partial charge in [-0.25, -0.2) is 0 Å². The molecular weight excluding hydrogens is 292 g/mol. The Bertz CT molecular complexity index is 437. The van der Waals surface area contributed by atoms with E-state index in [0.29, 0.717) is 6.42 Å². The number of carbonyl (C=O) groups excluding carboxylic acids is 2. The summed E-state index contributed by atoms with van der Waals surface area (Å²) in [6, 6.07) is 0. The average molecular weight is 316 g/mol. The second-order valence-electron chi connectivity index (χ2n) is 5.59. The molecule has 22 heavy (non-hydrogen) atoms. The minimum atomic E-state index is -1.16. The number of nitrogens with two attached hydrogens (primary N) is 2. The number of aliphatic carboxylic acids is 2. The van der Waals surface area contributed by atoms with Crippen molar-refractivity contribution in [1.82, 2.24) is 0 Å². The molecule has 0 spiro atoms. The molecule has 8 nitrogen and oxygen atoms in total. The quantitative estimate of drug-likeness (QED) is 0.425. The molecule has 0 saturated heterocycles. The molecule has 2 amide bonds. The van der Waals surface area contributed by atoms with E-state index in [-0.39, 0.29) is 19.3 Å². The van der Waals surface area contributed by atoms with Crippen molar-refractivity contribution in [3.05, 3.63) is 0 Å². The Morgan fingerprint density at radius 1 is 0.818 bits per heavy atom. The number of rotatable bonds is 11. The van der Waals surface area contributed by atoms with Crippen LogP contribution in [0.3, 0.4) is 0 Å². The van der Waals surface area contributed by atoms with Gasteiger partial charge in [0, 0.05) is 11.8 Å². The summed E-state index contributed by atoms with van der Waals surface area (Å²) in [6.45, 7) is 3.14. The van der Waals surface area contributed by atoms with Crippen LogP contribution in [0.4, 0.5) is 0 Å². The first-order valence-electron chi connectivity index (χ1n) is 7.14. The van der Waals surface area contributed by atoms with E-state index in [1.807, 2.05) is 0 Å². The molecule has 126 valence electrons. The third-order valence-electron chi connectivity index (χ3n) is 3.84. The van der Waals surface area contributed by atoms with E-state index in [4.69, 9.17) is 16.6 Å². The lowest BCUT2D eigenvalue weighted by Crippen LogP contribution is -2.33. The van der Waals surface area contributed by atoms with Crippen molar-refractivity contribution in [3.8, 4) is 0 Å². The summed E-state index contributed by atoms with van der Waals surface area (Å²) in [6.07, 6.45) is 0.256. The predicted octanol–water partition coefficient (Wildman–Crippen LogP) is 0.191. The van der Waals surface area contributed by atoms with Crippen LogP contribution in [0.15, 0.2) is 0 Å². The van der Waals surface area contributed by atoms with Gasteiger partial charge >= 0.3 is 11.9 Å². The zero-order valence-corrected chi connectivity index (χ0v) is 12.8. The fraction of sp³-hybridized carbons (Fsp3) is 0.714. The molecule has 6 N–H and O–H groups in total. The second-order valence-corrected chi connectivity index (χ2v) is 5.59. The maximum atomic E-state index is 11.4. The van der Waals surface area contributed by atoms with Crippen molar-refractivity contribution < 1.29 is 29.4 Å². The smallest absolute Gasteiger partial charge is 0.306 e. The van der Waals surface area contributed by atoms with Crippen LogP contribution in [0.1, 0.15) is 39.5 Å². The van der Waals surface area contributed by atoms with Gasteiger partial charge in [-0.15, -0.1) is 0 Å². The minimum Gasteiger partial charge on any atom is -0.481 e. The Balaban J connectivity index is 5.01. The third-order valence-corrected chi connectivity index (χ3v) is 3.84. The highest BCUT2D eigenvalue weighted by atomic mass is 16.4. The molecule has 0 radical (unpaired) electrons. The molecule has 0 aromatic rings. The number of hydrogen-bond acceptors (Lipinski definition) is 4. The summed E-state index contributed by atoms with van der Waals surface area (Å²) in [7, 11) is 0. The van der Waals surface area contributed by atoms with Crippen molar-refractivity contribution in [1.29, 1.82) is 0 Å². The molecule has 4 atom stereocenters. The Morgan fingerprint density at radius 2 is 1.27 bits per heavy atom. The average Bonchev–Trinajstić information content (AvgIpc) is 2.40. The predicted molar refractivity (Wildman–Crippen MR) is 77.4 cm³/mol. The first-order chi connectivity index (χ1) is 10.1. The zero-order valence-electron chi connectivity index (χ0n) is 12.8. The summed E-state index contributed by atoms with van der Waals surface area (Å²) >= 11 is 0. The van der Waals surface area contributed by atoms with Gasteiger partial charge in [-0.2, -0.15) is 0 Å². The van der Waals surface area contributed by atoms with E-state index < -0.39 is 47.4 Å². The Hall–Kier alpha value is -2.12. The molecule has 0 aliphatic carbocycles. The normalized spacial score (nSPS) is 16.3. The molecule has 0 fully saturated rings. The van der Waals surface area contributed by atoms with E-state index in [9.17, 15) is 24.3 Å². The van der Waals surface area contributed by atoms with Crippen LogP contribution in [-0.4, -0.2) is 34.0 Å². The maximum absolute atomic E-state index is 11.4. The van der Waals surface area contributed by atoms with Crippen LogP contribution >= 0.6 is 0 Å². The van der Waals surface area contributed by atoms with Gasteiger partial charge in [-0.1, -0.05) is 13.8 Å². The van der Waals surface area contributed by atoms with Gasteiger partial charge in [0.05, 0.1) is 11.8 Å². The van der Waals surface area contributed by atoms with Crippen LogP contribution in [0.25, 0.3) is 0 Å². The highest BCUT2D eigenvalue weighted by Crippen LogP contribution is 2.26. The van der Waals surface area contributed by atoms with E-state index in [1.165, 1.54) is 6.92 Å². The zero-order chi connectivity index (χ0) is 17.4. The standard InChI is InChI=1S/C14H24N2O6/c1-3-8(11(15)17)5-10(14(21)22)6-9(12(16)18)4-7(2)13(19)20/h7-10H,3-6H2,1-2H3,(H2,15,17)(H2,16,18)(H,19,20)(H,21,22).